The molecule has 1 saturated heterocycles. The van der Waals surface area contributed by atoms with Crippen LogP contribution < -0.4 is 0 Å². The fraction of sp³-hybridized carbons (Fsp3) is 0.444. The summed E-state index contributed by atoms with van der Waals surface area (Å²) >= 11 is 0. The highest BCUT2D eigenvalue weighted by Crippen LogP contribution is 2.10. The molecule has 0 bridgehead atoms. The lowest BCUT2D eigenvalue weighted by molar-refractivity contribution is -0.0719. The highest BCUT2D eigenvalue weighted by Gasteiger charge is 2.24. The van der Waals surface area contributed by atoms with Crippen molar-refractivity contribution >= 4 is 5.78 Å². The van der Waals surface area contributed by atoms with E-state index in [2.05, 4.69) is 0 Å². The Morgan fingerprint density at radius 3 is 3.00 bits per heavy atom. The van der Waals surface area contributed by atoms with Gasteiger partial charge < -0.3 is 13.9 Å². The second-order valence-corrected chi connectivity index (χ2v) is 2.81. The zero-order valence-corrected chi connectivity index (χ0v) is 7.06. The van der Waals surface area contributed by atoms with E-state index >= 15 is 0 Å². The minimum absolute atomic E-state index is 0.0755. The van der Waals surface area contributed by atoms with E-state index in [1.54, 1.807) is 6.07 Å². The molecule has 2 heterocycles. The van der Waals surface area contributed by atoms with Crippen molar-refractivity contribution in [1.29, 1.82) is 0 Å². The Labute approximate surface area is 75.4 Å². The van der Waals surface area contributed by atoms with Crippen molar-refractivity contribution in [2.24, 2.45) is 0 Å². The molecule has 0 spiro atoms. The number of carbonyl (C=O) groups excluding carboxylic acids is 1. The Bertz CT molecular complexity index is 272. The standard InChI is InChI=1S/C9H10O4/c10-9(7-1-2-11-5-7)8-6-12-3-4-13-8/h1-2,5,8H,3-4,6H2. The molecular weight excluding hydrogens is 172 g/mol. The average molecular weight is 182 g/mol. The molecule has 0 aromatic carbocycles. The van der Waals surface area contributed by atoms with Gasteiger partial charge in [0.25, 0.3) is 0 Å². The largest absolute Gasteiger partial charge is 0.472 e. The summed E-state index contributed by atoms with van der Waals surface area (Å²) in [4.78, 5) is 11.6. The molecule has 1 unspecified atom stereocenters. The van der Waals surface area contributed by atoms with Gasteiger partial charge in [0, 0.05) is 0 Å². The molecule has 1 aliphatic rings. The van der Waals surface area contributed by atoms with Gasteiger partial charge in [-0.1, -0.05) is 0 Å². The van der Waals surface area contributed by atoms with Gasteiger partial charge >= 0.3 is 0 Å². The van der Waals surface area contributed by atoms with Crippen LogP contribution in [0.4, 0.5) is 0 Å². The van der Waals surface area contributed by atoms with Crippen molar-refractivity contribution in [3.05, 3.63) is 24.2 Å². The molecule has 0 amide bonds. The molecule has 13 heavy (non-hydrogen) atoms. The Morgan fingerprint density at radius 2 is 2.38 bits per heavy atom. The van der Waals surface area contributed by atoms with E-state index in [0.717, 1.165) is 0 Å². The van der Waals surface area contributed by atoms with Crippen molar-refractivity contribution in [2.75, 3.05) is 19.8 Å². The number of ether oxygens (including phenoxy) is 2. The Hall–Kier alpha value is -1.13. The van der Waals surface area contributed by atoms with Gasteiger partial charge in [-0.25, -0.2) is 0 Å². The van der Waals surface area contributed by atoms with Crippen LogP contribution in [0.1, 0.15) is 10.4 Å². The van der Waals surface area contributed by atoms with Gasteiger partial charge in [0.1, 0.15) is 12.4 Å². The molecule has 70 valence electrons. The molecule has 4 heteroatoms. The molecule has 0 N–H and O–H groups in total. The van der Waals surface area contributed by atoms with E-state index in [-0.39, 0.29) is 5.78 Å². The Morgan fingerprint density at radius 1 is 1.46 bits per heavy atom. The zero-order valence-electron chi connectivity index (χ0n) is 7.06. The molecule has 1 aromatic rings. The number of Topliss-reactive ketones (excluding diaryl/α,β-unsaturated/α-hetero) is 1. The Kier molecular flexibility index (Phi) is 2.42. The van der Waals surface area contributed by atoms with E-state index in [4.69, 9.17) is 13.9 Å². The van der Waals surface area contributed by atoms with Gasteiger partial charge in [0.15, 0.2) is 5.78 Å². The highest BCUT2D eigenvalue weighted by atomic mass is 16.6. The van der Waals surface area contributed by atoms with Crippen LogP contribution in [0.3, 0.4) is 0 Å². The number of furan rings is 1. The summed E-state index contributed by atoms with van der Waals surface area (Å²) in [6, 6.07) is 1.63. The van der Waals surface area contributed by atoms with Crippen LogP contribution in [0.25, 0.3) is 0 Å². The number of hydrogen-bond donors (Lipinski definition) is 0. The van der Waals surface area contributed by atoms with Gasteiger partial charge in [-0.15, -0.1) is 0 Å². The molecule has 2 rings (SSSR count). The second kappa shape index (κ2) is 3.72. The predicted molar refractivity (Wildman–Crippen MR) is 43.6 cm³/mol. The van der Waals surface area contributed by atoms with Crippen LogP contribution in [0.5, 0.6) is 0 Å². The lowest BCUT2D eigenvalue weighted by Gasteiger charge is -2.20. The topological polar surface area (TPSA) is 48.7 Å². The quantitative estimate of drug-likeness (QED) is 0.637. The molecule has 0 radical (unpaired) electrons. The van der Waals surface area contributed by atoms with E-state index < -0.39 is 6.10 Å². The minimum Gasteiger partial charge on any atom is -0.472 e. The summed E-state index contributed by atoms with van der Waals surface area (Å²) in [7, 11) is 0. The van der Waals surface area contributed by atoms with Gasteiger partial charge in [0.05, 0.1) is 31.6 Å². The SMILES string of the molecule is O=C(c1ccoc1)C1COCCO1. The predicted octanol–water partition coefficient (Wildman–Crippen LogP) is 0.878. The first-order valence-electron chi connectivity index (χ1n) is 4.13. The number of carbonyl (C=O) groups is 1. The fourth-order valence-corrected chi connectivity index (χ4v) is 1.23. The first-order valence-corrected chi connectivity index (χ1v) is 4.13. The normalized spacial score (nSPS) is 22.9. The second-order valence-electron chi connectivity index (χ2n) is 2.81. The fourth-order valence-electron chi connectivity index (χ4n) is 1.23. The smallest absolute Gasteiger partial charge is 0.197 e. The maximum Gasteiger partial charge on any atom is 0.197 e. The third-order valence-corrected chi connectivity index (χ3v) is 1.91. The molecule has 0 saturated carbocycles. The van der Waals surface area contributed by atoms with E-state index in [0.29, 0.717) is 25.4 Å². The Balaban J connectivity index is 2.04. The zero-order chi connectivity index (χ0) is 9.10. The maximum atomic E-state index is 11.6. The van der Waals surface area contributed by atoms with Gasteiger partial charge in [-0.3, -0.25) is 4.79 Å². The summed E-state index contributed by atoms with van der Waals surface area (Å²) in [5, 5.41) is 0. The number of rotatable bonds is 2. The summed E-state index contributed by atoms with van der Waals surface area (Å²) in [6.45, 7) is 1.38. The van der Waals surface area contributed by atoms with Crippen LogP contribution in [0.2, 0.25) is 0 Å². The van der Waals surface area contributed by atoms with Crippen molar-refractivity contribution in [3.63, 3.8) is 0 Å². The van der Waals surface area contributed by atoms with Crippen LogP contribution in [-0.4, -0.2) is 31.7 Å². The molecule has 1 atom stereocenters. The minimum atomic E-state index is -0.466. The lowest BCUT2D eigenvalue weighted by Crippen LogP contribution is -2.35. The molecule has 0 aliphatic carbocycles. The maximum absolute atomic E-state index is 11.6. The summed E-state index contributed by atoms with van der Waals surface area (Å²) in [6.07, 6.45) is 2.42. The summed E-state index contributed by atoms with van der Waals surface area (Å²) < 4.78 is 15.2. The van der Waals surface area contributed by atoms with Crippen molar-refractivity contribution < 1.29 is 18.7 Å². The molecule has 1 aromatic heterocycles. The molecule has 1 fully saturated rings. The summed E-state index contributed by atoms with van der Waals surface area (Å²) in [5.74, 6) is -0.0755. The molecule has 4 nitrogen and oxygen atoms in total. The first kappa shape index (κ1) is 8.47. The summed E-state index contributed by atoms with van der Waals surface area (Å²) in [5.41, 5.74) is 0.538. The molecular formula is C9H10O4. The third-order valence-electron chi connectivity index (χ3n) is 1.91. The number of hydrogen-bond acceptors (Lipinski definition) is 4. The van der Waals surface area contributed by atoms with Crippen LogP contribution >= 0.6 is 0 Å². The van der Waals surface area contributed by atoms with Gasteiger partial charge in [-0.05, 0) is 6.07 Å². The van der Waals surface area contributed by atoms with Crippen molar-refractivity contribution in [3.8, 4) is 0 Å². The monoisotopic (exact) mass is 182 g/mol. The van der Waals surface area contributed by atoms with E-state index in [9.17, 15) is 4.79 Å². The van der Waals surface area contributed by atoms with Crippen molar-refractivity contribution in [2.45, 2.75) is 6.10 Å². The van der Waals surface area contributed by atoms with Crippen molar-refractivity contribution in [1.82, 2.24) is 0 Å². The average Bonchev–Trinajstić information content (AvgIpc) is 2.71. The molecule has 1 aliphatic heterocycles. The van der Waals surface area contributed by atoms with Crippen LogP contribution in [0, 0.1) is 0 Å². The third kappa shape index (κ3) is 1.79. The number of ketones is 1. The first-order chi connectivity index (χ1) is 6.38. The van der Waals surface area contributed by atoms with Gasteiger partial charge in [0.2, 0.25) is 0 Å². The highest BCUT2D eigenvalue weighted by molar-refractivity contribution is 5.99. The van der Waals surface area contributed by atoms with Crippen LogP contribution in [0.15, 0.2) is 23.0 Å². The van der Waals surface area contributed by atoms with E-state index in [1.807, 2.05) is 0 Å². The lowest BCUT2D eigenvalue weighted by atomic mass is 10.1. The van der Waals surface area contributed by atoms with Crippen LogP contribution in [-0.2, 0) is 9.47 Å². The van der Waals surface area contributed by atoms with E-state index in [1.165, 1.54) is 12.5 Å². The van der Waals surface area contributed by atoms with Gasteiger partial charge in [-0.2, -0.15) is 0 Å².